The zero-order valence-corrected chi connectivity index (χ0v) is 17.1. The van der Waals surface area contributed by atoms with Gasteiger partial charge in [-0.2, -0.15) is 0 Å². The lowest BCUT2D eigenvalue weighted by Crippen LogP contribution is -2.22. The van der Waals surface area contributed by atoms with Crippen molar-refractivity contribution in [3.8, 4) is 0 Å². The Balaban J connectivity index is 1.63. The van der Waals surface area contributed by atoms with Crippen molar-refractivity contribution in [1.29, 1.82) is 0 Å². The third-order valence-corrected chi connectivity index (χ3v) is 5.27. The smallest absolute Gasteiger partial charge is 0.296 e. The van der Waals surface area contributed by atoms with Crippen molar-refractivity contribution in [1.82, 2.24) is 4.57 Å². The number of Topliss-reactive ketones (excluding diaryl/α,β-unsaturated/α-hetero) is 1. The summed E-state index contributed by atoms with van der Waals surface area (Å²) in [5.74, 6) is -0.687. The lowest BCUT2D eigenvalue weighted by molar-refractivity contribution is -0.112. The van der Waals surface area contributed by atoms with Gasteiger partial charge >= 0.3 is 0 Å². The van der Waals surface area contributed by atoms with E-state index in [4.69, 9.17) is 0 Å². The van der Waals surface area contributed by atoms with Crippen LogP contribution in [0.5, 0.6) is 0 Å². The molecule has 0 aliphatic rings. The molecule has 4 nitrogen and oxygen atoms in total. The summed E-state index contributed by atoms with van der Waals surface area (Å²) in [6, 6.07) is 25.2. The van der Waals surface area contributed by atoms with Crippen LogP contribution in [0.15, 0.2) is 85.1 Å². The minimum atomic E-state index is -0.634. The lowest BCUT2D eigenvalue weighted by Gasteiger charge is -2.09. The molecule has 0 unspecified atom stereocenters. The van der Waals surface area contributed by atoms with Gasteiger partial charge in [0.15, 0.2) is 0 Å². The van der Waals surface area contributed by atoms with E-state index in [0.717, 1.165) is 16.5 Å². The van der Waals surface area contributed by atoms with Crippen LogP contribution >= 0.6 is 0 Å². The van der Waals surface area contributed by atoms with Crippen LogP contribution in [-0.4, -0.2) is 16.3 Å². The second-order valence-electron chi connectivity index (χ2n) is 7.73. The van der Waals surface area contributed by atoms with Crippen molar-refractivity contribution in [3.05, 3.63) is 102 Å². The van der Waals surface area contributed by atoms with Crippen LogP contribution in [0.4, 0.5) is 5.69 Å². The average Bonchev–Trinajstić information content (AvgIpc) is 3.13. The second kappa shape index (κ2) is 8.37. The zero-order valence-electron chi connectivity index (χ0n) is 17.1. The standard InChI is InChI=1S/C26H24N2O2/c1-18(2)20-14-12-19(13-15-20)16-28-17-23(22-10-6-7-11-24(22)28)25(29)26(30)27-21-8-4-3-5-9-21/h3-15,17-18H,16H2,1-2H3,(H,27,30). The molecule has 1 N–H and O–H groups in total. The maximum Gasteiger partial charge on any atom is 0.296 e. The first-order valence-corrected chi connectivity index (χ1v) is 10.1. The number of nitrogens with one attached hydrogen (secondary N) is 1. The molecule has 0 spiro atoms. The number of amides is 1. The van der Waals surface area contributed by atoms with Gasteiger partial charge in [-0.05, 0) is 35.2 Å². The van der Waals surface area contributed by atoms with Gasteiger partial charge in [-0.3, -0.25) is 9.59 Å². The average molecular weight is 396 g/mol. The molecule has 0 saturated heterocycles. The van der Waals surface area contributed by atoms with Gasteiger partial charge in [0.25, 0.3) is 11.7 Å². The van der Waals surface area contributed by atoms with E-state index in [0.29, 0.717) is 23.7 Å². The minimum absolute atomic E-state index is 0.415. The van der Waals surface area contributed by atoms with Gasteiger partial charge < -0.3 is 9.88 Å². The molecule has 4 rings (SSSR count). The van der Waals surface area contributed by atoms with E-state index in [2.05, 4.69) is 43.4 Å². The van der Waals surface area contributed by atoms with Crippen LogP contribution in [0.3, 0.4) is 0 Å². The summed E-state index contributed by atoms with van der Waals surface area (Å²) in [7, 11) is 0. The number of benzene rings is 3. The summed E-state index contributed by atoms with van der Waals surface area (Å²) in [4.78, 5) is 25.5. The van der Waals surface area contributed by atoms with Crippen LogP contribution < -0.4 is 5.32 Å². The summed E-state index contributed by atoms with van der Waals surface area (Å²) in [5.41, 5.74) is 4.39. The molecule has 1 aromatic heterocycles. The normalized spacial score (nSPS) is 11.0. The largest absolute Gasteiger partial charge is 0.342 e. The van der Waals surface area contributed by atoms with Crippen molar-refractivity contribution in [3.63, 3.8) is 0 Å². The number of hydrogen-bond donors (Lipinski definition) is 1. The van der Waals surface area contributed by atoms with Crippen molar-refractivity contribution < 1.29 is 9.59 Å². The molecule has 4 heteroatoms. The Hall–Kier alpha value is -3.66. The van der Waals surface area contributed by atoms with Crippen LogP contribution in [0.1, 0.15) is 41.3 Å². The molecule has 0 radical (unpaired) electrons. The number of carbonyl (C=O) groups is 2. The van der Waals surface area contributed by atoms with E-state index < -0.39 is 11.7 Å². The number of nitrogens with zero attached hydrogens (tertiary/aromatic N) is 1. The Kier molecular flexibility index (Phi) is 5.48. The van der Waals surface area contributed by atoms with Crippen LogP contribution in [0.2, 0.25) is 0 Å². The number of aromatic nitrogens is 1. The summed E-state index contributed by atoms with van der Waals surface area (Å²) < 4.78 is 2.03. The highest BCUT2D eigenvalue weighted by Gasteiger charge is 2.21. The van der Waals surface area contributed by atoms with E-state index in [9.17, 15) is 9.59 Å². The van der Waals surface area contributed by atoms with Crippen molar-refractivity contribution in [2.75, 3.05) is 5.32 Å². The molecule has 1 amide bonds. The van der Waals surface area contributed by atoms with Gasteiger partial charge in [-0.15, -0.1) is 0 Å². The summed E-state index contributed by atoms with van der Waals surface area (Å²) in [5, 5.41) is 3.46. The first kappa shape index (κ1) is 19.6. The fraction of sp³-hybridized carbons (Fsp3) is 0.154. The Labute approximate surface area is 176 Å². The summed E-state index contributed by atoms with van der Waals surface area (Å²) in [6.45, 7) is 4.98. The number of fused-ring (bicyclic) bond motifs is 1. The quantitative estimate of drug-likeness (QED) is 0.339. The molecule has 30 heavy (non-hydrogen) atoms. The predicted octanol–water partition coefficient (Wildman–Crippen LogP) is 5.63. The van der Waals surface area contributed by atoms with Gasteiger partial charge in [0.2, 0.25) is 0 Å². The van der Waals surface area contributed by atoms with Crippen molar-refractivity contribution in [2.24, 2.45) is 0 Å². The Morgan fingerprint density at radius 2 is 1.53 bits per heavy atom. The number of anilines is 1. The highest BCUT2D eigenvalue weighted by molar-refractivity contribution is 6.48. The van der Waals surface area contributed by atoms with E-state index in [1.165, 1.54) is 5.56 Å². The number of hydrogen-bond acceptors (Lipinski definition) is 2. The van der Waals surface area contributed by atoms with E-state index in [-0.39, 0.29) is 0 Å². The molecule has 1 heterocycles. The molecule has 0 bridgehead atoms. The first-order valence-electron chi connectivity index (χ1n) is 10.1. The highest BCUT2D eigenvalue weighted by Crippen LogP contribution is 2.24. The molecule has 0 fully saturated rings. The Morgan fingerprint density at radius 1 is 0.867 bits per heavy atom. The molecule has 150 valence electrons. The number of carbonyl (C=O) groups excluding carboxylic acids is 2. The van der Waals surface area contributed by atoms with Crippen LogP contribution in [0, 0.1) is 0 Å². The number of ketones is 1. The van der Waals surface area contributed by atoms with Crippen LogP contribution in [0.25, 0.3) is 10.9 Å². The Morgan fingerprint density at radius 3 is 2.23 bits per heavy atom. The molecule has 0 saturated carbocycles. The second-order valence-corrected chi connectivity index (χ2v) is 7.73. The fourth-order valence-electron chi connectivity index (χ4n) is 3.59. The van der Waals surface area contributed by atoms with Gasteiger partial charge in [0.05, 0.1) is 5.56 Å². The molecule has 4 aromatic rings. The third-order valence-electron chi connectivity index (χ3n) is 5.27. The van der Waals surface area contributed by atoms with Gasteiger partial charge in [0.1, 0.15) is 0 Å². The van der Waals surface area contributed by atoms with Crippen LogP contribution in [-0.2, 0) is 11.3 Å². The maximum atomic E-state index is 12.9. The highest BCUT2D eigenvalue weighted by atomic mass is 16.2. The van der Waals surface area contributed by atoms with E-state index in [1.807, 2.05) is 47.0 Å². The summed E-state index contributed by atoms with van der Waals surface area (Å²) in [6.07, 6.45) is 1.79. The predicted molar refractivity (Wildman–Crippen MR) is 121 cm³/mol. The molecule has 0 aliphatic carbocycles. The molecule has 3 aromatic carbocycles. The van der Waals surface area contributed by atoms with Gasteiger partial charge in [-0.1, -0.05) is 74.5 Å². The molecule has 0 aliphatic heterocycles. The van der Waals surface area contributed by atoms with Gasteiger partial charge in [0, 0.05) is 29.3 Å². The van der Waals surface area contributed by atoms with Crippen molar-refractivity contribution in [2.45, 2.75) is 26.3 Å². The minimum Gasteiger partial charge on any atom is -0.342 e. The topological polar surface area (TPSA) is 51.1 Å². The summed E-state index contributed by atoms with van der Waals surface area (Å²) >= 11 is 0. The monoisotopic (exact) mass is 396 g/mol. The van der Waals surface area contributed by atoms with Gasteiger partial charge in [-0.25, -0.2) is 0 Å². The Bertz CT molecular complexity index is 1190. The number of rotatable bonds is 6. The molecular weight excluding hydrogens is 372 g/mol. The first-order chi connectivity index (χ1) is 14.5. The molecular formula is C26H24N2O2. The SMILES string of the molecule is CC(C)c1ccc(Cn2cc(C(=O)C(=O)Nc3ccccc3)c3ccccc32)cc1. The molecule has 0 atom stereocenters. The lowest BCUT2D eigenvalue weighted by atomic mass is 10.0. The fourth-order valence-corrected chi connectivity index (χ4v) is 3.59. The third kappa shape index (κ3) is 4.03. The van der Waals surface area contributed by atoms with E-state index >= 15 is 0 Å². The maximum absolute atomic E-state index is 12.9. The van der Waals surface area contributed by atoms with E-state index in [1.54, 1.807) is 18.3 Å². The van der Waals surface area contributed by atoms with Crippen molar-refractivity contribution >= 4 is 28.3 Å². The zero-order chi connectivity index (χ0) is 21.1. The number of para-hydroxylation sites is 2.